The number of likely N-dealkylation sites (tertiary alicyclic amines) is 1. The molecule has 0 bridgehead atoms. The zero-order valence-electron chi connectivity index (χ0n) is 13.4. The lowest BCUT2D eigenvalue weighted by Gasteiger charge is -2.40. The van der Waals surface area contributed by atoms with E-state index in [1.807, 2.05) is 0 Å². The zero-order chi connectivity index (χ0) is 17.4. The molecular formula is C17H16FN3O3S. The van der Waals surface area contributed by atoms with Crippen molar-refractivity contribution >= 4 is 28.8 Å². The smallest absolute Gasteiger partial charge is 0.273 e. The van der Waals surface area contributed by atoms with Gasteiger partial charge in [-0.15, -0.1) is 11.3 Å². The number of amides is 2. The van der Waals surface area contributed by atoms with Crippen LogP contribution in [0.3, 0.4) is 0 Å². The van der Waals surface area contributed by atoms with Crippen LogP contribution in [0.25, 0.3) is 0 Å². The molecule has 25 heavy (non-hydrogen) atoms. The average molecular weight is 361 g/mol. The van der Waals surface area contributed by atoms with Gasteiger partial charge in [0.15, 0.2) is 0 Å². The fourth-order valence-corrected chi connectivity index (χ4v) is 3.84. The Bertz CT molecular complexity index is 796. The largest absolute Gasteiger partial charge is 0.361 e. The van der Waals surface area contributed by atoms with E-state index in [9.17, 15) is 14.0 Å². The number of anilines is 1. The second-order valence-corrected chi connectivity index (χ2v) is 7.00. The first kappa shape index (κ1) is 16.2. The predicted molar refractivity (Wildman–Crippen MR) is 90.1 cm³/mol. The van der Waals surface area contributed by atoms with E-state index >= 15 is 0 Å². The van der Waals surface area contributed by atoms with E-state index in [-0.39, 0.29) is 24.2 Å². The monoisotopic (exact) mass is 361 g/mol. The van der Waals surface area contributed by atoms with Gasteiger partial charge in [-0.1, -0.05) is 0 Å². The third kappa shape index (κ3) is 3.03. The van der Waals surface area contributed by atoms with E-state index in [2.05, 4.69) is 4.98 Å². The standard InChI is InChI=1S/C17H16FN3O3S/c18-12-1-3-13(4-2-12)21-10-17(24-7-15(21)22)5-6-20(9-17)16(23)14-8-25-11-19-14/h1-4,8,11H,5-7,9-10H2. The molecule has 1 unspecified atom stereocenters. The van der Waals surface area contributed by atoms with Crippen LogP contribution in [0.2, 0.25) is 0 Å². The number of ether oxygens (including phenoxy) is 1. The first-order valence-corrected chi connectivity index (χ1v) is 8.88. The maximum absolute atomic E-state index is 13.1. The van der Waals surface area contributed by atoms with Crippen LogP contribution in [0.5, 0.6) is 0 Å². The van der Waals surface area contributed by atoms with E-state index in [1.165, 1.54) is 23.5 Å². The summed E-state index contributed by atoms with van der Waals surface area (Å²) in [7, 11) is 0. The summed E-state index contributed by atoms with van der Waals surface area (Å²) in [5.41, 5.74) is 2.11. The van der Waals surface area contributed by atoms with Crippen LogP contribution in [0, 0.1) is 5.82 Å². The number of rotatable bonds is 2. The minimum Gasteiger partial charge on any atom is -0.361 e. The lowest BCUT2D eigenvalue weighted by molar-refractivity contribution is -0.137. The Hall–Kier alpha value is -2.32. The molecule has 130 valence electrons. The molecule has 2 amide bonds. The van der Waals surface area contributed by atoms with Gasteiger partial charge in [-0.3, -0.25) is 9.59 Å². The number of aromatic nitrogens is 1. The number of morpholine rings is 1. The molecule has 0 N–H and O–H groups in total. The maximum atomic E-state index is 13.1. The minimum absolute atomic E-state index is 0.0455. The van der Waals surface area contributed by atoms with Crippen LogP contribution in [-0.4, -0.2) is 53.5 Å². The topological polar surface area (TPSA) is 62.7 Å². The molecule has 1 aromatic carbocycles. The number of carbonyl (C=O) groups is 2. The van der Waals surface area contributed by atoms with Gasteiger partial charge < -0.3 is 14.5 Å². The zero-order valence-corrected chi connectivity index (χ0v) is 14.2. The van der Waals surface area contributed by atoms with E-state index in [4.69, 9.17) is 4.74 Å². The lowest BCUT2D eigenvalue weighted by atomic mass is 10.00. The summed E-state index contributed by atoms with van der Waals surface area (Å²) in [5, 5.41) is 1.73. The lowest BCUT2D eigenvalue weighted by Crippen LogP contribution is -2.56. The highest BCUT2D eigenvalue weighted by molar-refractivity contribution is 7.07. The maximum Gasteiger partial charge on any atom is 0.273 e. The van der Waals surface area contributed by atoms with Gasteiger partial charge in [0.1, 0.15) is 23.7 Å². The van der Waals surface area contributed by atoms with E-state index in [1.54, 1.807) is 32.8 Å². The van der Waals surface area contributed by atoms with Crippen LogP contribution in [0.1, 0.15) is 16.9 Å². The highest BCUT2D eigenvalue weighted by Crippen LogP contribution is 2.32. The highest BCUT2D eigenvalue weighted by Gasteiger charge is 2.46. The van der Waals surface area contributed by atoms with Gasteiger partial charge in [-0.2, -0.15) is 0 Å². The molecule has 1 aromatic heterocycles. The van der Waals surface area contributed by atoms with Crippen molar-refractivity contribution in [3.05, 3.63) is 46.7 Å². The predicted octanol–water partition coefficient (Wildman–Crippen LogP) is 1.93. The third-order valence-electron chi connectivity index (χ3n) is 4.64. The summed E-state index contributed by atoms with van der Waals surface area (Å²) < 4.78 is 19.0. The van der Waals surface area contributed by atoms with Crippen molar-refractivity contribution < 1.29 is 18.7 Å². The number of thiazole rings is 1. The van der Waals surface area contributed by atoms with Gasteiger partial charge in [0.2, 0.25) is 0 Å². The first-order valence-electron chi connectivity index (χ1n) is 7.94. The average Bonchev–Trinajstić information content (AvgIpc) is 3.28. The van der Waals surface area contributed by atoms with Crippen molar-refractivity contribution in [1.82, 2.24) is 9.88 Å². The molecule has 0 aliphatic carbocycles. The van der Waals surface area contributed by atoms with Crippen LogP contribution >= 0.6 is 11.3 Å². The SMILES string of the molecule is O=C(c1cscn1)N1CCC2(C1)CN(c1ccc(F)cc1)C(=O)CO2. The molecule has 6 nitrogen and oxygen atoms in total. The summed E-state index contributed by atoms with van der Waals surface area (Å²) >= 11 is 1.38. The molecule has 3 heterocycles. The molecule has 2 saturated heterocycles. The minimum atomic E-state index is -0.589. The van der Waals surface area contributed by atoms with Gasteiger partial charge >= 0.3 is 0 Å². The van der Waals surface area contributed by atoms with E-state index in [0.29, 0.717) is 37.4 Å². The molecular weight excluding hydrogens is 345 g/mol. The molecule has 2 aliphatic heterocycles. The summed E-state index contributed by atoms with van der Waals surface area (Å²) in [6.07, 6.45) is 0.647. The number of hydrogen-bond donors (Lipinski definition) is 0. The Labute approximate surface area is 147 Å². The van der Waals surface area contributed by atoms with Crippen LogP contribution < -0.4 is 4.90 Å². The summed E-state index contributed by atoms with van der Waals surface area (Å²) in [6, 6.07) is 5.83. The van der Waals surface area contributed by atoms with Gasteiger partial charge in [0.25, 0.3) is 11.8 Å². The van der Waals surface area contributed by atoms with Gasteiger partial charge in [0, 0.05) is 17.6 Å². The molecule has 4 rings (SSSR count). The molecule has 0 saturated carbocycles. The highest BCUT2D eigenvalue weighted by atomic mass is 32.1. The van der Waals surface area contributed by atoms with Gasteiger partial charge in [0.05, 0.1) is 18.6 Å². The Morgan fingerprint density at radius 2 is 2.08 bits per heavy atom. The van der Waals surface area contributed by atoms with Crippen molar-refractivity contribution in [1.29, 1.82) is 0 Å². The quantitative estimate of drug-likeness (QED) is 0.820. The van der Waals surface area contributed by atoms with Crippen molar-refractivity contribution in [2.75, 3.05) is 31.1 Å². The van der Waals surface area contributed by atoms with Gasteiger partial charge in [-0.05, 0) is 30.7 Å². The number of nitrogens with zero attached hydrogens (tertiary/aromatic N) is 3. The number of hydrogen-bond acceptors (Lipinski definition) is 5. The Morgan fingerprint density at radius 3 is 2.80 bits per heavy atom. The van der Waals surface area contributed by atoms with Crippen molar-refractivity contribution in [3.8, 4) is 0 Å². The van der Waals surface area contributed by atoms with Crippen LogP contribution in [0.4, 0.5) is 10.1 Å². The van der Waals surface area contributed by atoms with Gasteiger partial charge in [-0.25, -0.2) is 9.37 Å². The molecule has 2 fully saturated rings. The third-order valence-corrected chi connectivity index (χ3v) is 5.23. The number of halogens is 1. The molecule has 1 spiro atoms. The Balaban J connectivity index is 1.52. The molecule has 8 heteroatoms. The normalized spacial score (nSPS) is 23.5. The fraction of sp³-hybridized carbons (Fsp3) is 0.353. The second-order valence-electron chi connectivity index (χ2n) is 6.28. The van der Waals surface area contributed by atoms with E-state index in [0.717, 1.165) is 0 Å². The van der Waals surface area contributed by atoms with Crippen molar-refractivity contribution in [2.45, 2.75) is 12.0 Å². The first-order chi connectivity index (χ1) is 12.1. The summed E-state index contributed by atoms with van der Waals surface area (Å²) in [4.78, 5) is 32.1. The number of carbonyl (C=O) groups excluding carboxylic acids is 2. The van der Waals surface area contributed by atoms with Crippen molar-refractivity contribution in [3.63, 3.8) is 0 Å². The fourth-order valence-electron chi connectivity index (χ4n) is 3.32. The Kier molecular flexibility index (Phi) is 4.01. The van der Waals surface area contributed by atoms with Crippen LogP contribution in [0.15, 0.2) is 35.2 Å². The molecule has 2 aliphatic rings. The summed E-state index contributed by atoms with van der Waals surface area (Å²) in [6.45, 7) is 1.27. The van der Waals surface area contributed by atoms with Crippen molar-refractivity contribution in [2.24, 2.45) is 0 Å². The van der Waals surface area contributed by atoms with Crippen LogP contribution in [-0.2, 0) is 9.53 Å². The summed E-state index contributed by atoms with van der Waals surface area (Å²) in [5.74, 6) is -0.631. The van der Waals surface area contributed by atoms with E-state index < -0.39 is 5.60 Å². The molecule has 1 atom stereocenters. The molecule has 0 radical (unpaired) electrons. The number of benzene rings is 1. The second kappa shape index (κ2) is 6.20. The molecule has 2 aromatic rings. The Morgan fingerprint density at radius 1 is 1.28 bits per heavy atom.